The van der Waals surface area contributed by atoms with Crippen LogP contribution in [0.25, 0.3) is 22.2 Å². The minimum Gasteiger partial charge on any atom is -0.478 e. The number of nitrogens with zero attached hydrogens (tertiary/aromatic N) is 2. The van der Waals surface area contributed by atoms with E-state index >= 15 is 0 Å². The third-order valence-corrected chi connectivity index (χ3v) is 6.91. The van der Waals surface area contributed by atoms with Crippen molar-refractivity contribution in [2.75, 3.05) is 13.1 Å². The first-order valence-corrected chi connectivity index (χ1v) is 10.8. The van der Waals surface area contributed by atoms with E-state index < -0.39 is 27.7 Å². The number of aromatic carboxylic acids is 1. The average Bonchev–Trinajstić information content (AvgIpc) is 2.72. The van der Waals surface area contributed by atoms with Crippen molar-refractivity contribution in [3.8, 4) is 11.3 Å². The first kappa shape index (κ1) is 22.7. The molecule has 0 aliphatic rings. The molecular formula is C21H19F3N2O4S. The van der Waals surface area contributed by atoms with Crippen LogP contribution in [0.1, 0.15) is 29.8 Å². The van der Waals surface area contributed by atoms with Crippen LogP contribution < -0.4 is 0 Å². The molecule has 0 radical (unpaired) electrons. The molecule has 0 spiro atoms. The first-order chi connectivity index (χ1) is 14.5. The number of hydrogen-bond acceptors (Lipinski definition) is 4. The summed E-state index contributed by atoms with van der Waals surface area (Å²) in [5.41, 5.74) is -0.346. The zero-order valence-corrected chi connectivity index (χ0v) is 17.5. The molecule has 2 aromatic carbocycles. The molecule has 0 amide bonds. The van der Waals surface area contributed by atoms with Crippen molar-refractivity contribution in [2.45, 2.75) is 24.9 Å². The van der Waals surface area contributed by atoms with Gasteiger partial charge in [-0.3, -0.25) is 0 Å². The Labute approximate surface area is 177 Å². The minimum atomic E-state index is -4.49. The minimum absolute atomic E-state index is 0.0599. The molecule has 0 aliphatic heterocycles. The molecule has 1 heterocycles. The maximum absolute atomic E-state index is 12.8. The summed E-state index contributed by atoms with van der Waals surface area (Å²) in [6.45, 7) is 3.91. The number of carboxylic acids is 1. The van der Waals surface area contributed by atoms with Crippen molar-refractivity contribution in [1.29, 1.82) is 0 Å². The van der Waals surface area contributed by atoms with Crippen LogP contribution in [0.3, 0.4) is 0 Å². The van der Waals surface area contributed by atoms with Crippen LogP contribution in [0.4, 0.5) is 13.2 Å². The Bertz CT molecular complexity index is 1240. The second kappa shape index (κ2) is 8.27. The highest BCUT2D eigenvalue weighted by Gasteiger charge is 2.30. The molecule has 0 saturated carbocycles. The number of carboxylic acid groups (broad SMARTS) is 1. The van der Waals surface area contributed by atoms with Gasteiger partial charge in [0.2, 0.25) is 10.0 Å². The first-order valence-electron chi connectivity index (χ1n) is 9.35. The Morgan fingerprint density at radius 3 is 2.16 bits per heavy atom. The Morgan fingerprint density at radius 2 is 1.65 bits per heavy atom. The Morgan fingerprint density at radius 1 is 1.03 bits per heavy atom. The number of benzene rings is 2. The van der Waals surface area contributed by atoms with Crippen LogP contribution in [0, 0.1) is 0 Å². The highest BCUT2D eigenvalue weighted by molar-refractivity contribution is 7.89. The SMILES string of the molecule is CCN(CC)S(=O)(=O)c1ccc2nc(-c3ccc(C(F)(F)F)cc3)cc(C(=O)O)c2c1. The van der Waals surface area contributed by atoms with Gasteiger partial charge >= 0.3 is 12.1 Å². The Balaban J connectivity index is 2.16. The highest BCUT2D eigenvalue weighted by Crippen LogP contribution is 2.32. The van der Waals surface area contributed by atoms with Crippen molar-refractivity contribution >= 4 is 26.9 Å². The number of fused-ring (bicyclic) bond motifs is 1. The van der Waals surface area contributed by atoms with Crippen LogP contribution in [-0.4, -0.2) is 41.9 Å². The summed E-state index contributed by atoms with van der Waals surface area (Å²) in [6.07, 6.45) is -4.49. The van der Waals surface area contributed by atoms with E-state index in [9.17, 15) is 31.5 Å². The molecule has 1 N–H and O–H groups in total. The lowest BCUT2D eigenvalue weighted by atomic mass is 10.0. The highest BCUT2D eigenvalue weighted by atomic mass is 32.2. The summed E-state index contributed by atoms with van der Waals surface area (Å²) in [5.74, 6) is -1.31. The maximum Gasteiger partial charge on any atom is 0.416 e. The van der Waals surface area contributed by atoms with Gasteiger partial charge in [0.05, 0.1) is 27.2 Å². The fourth-order valence-electron chi connectivity index (χ4n) is 3.23. The van der Waals surface area contributed by atoms with E-state index in [1.165, 1.54) is 40.7 Å². The summed E-state index contributed by atoms with van der Waals surface area (Å²) >= 11 is 0. The quantitative estimate of drug-likeness (QED) is 0.588. The van der Waals surface area contributed by atoms with Gasteiger partial charge < -0.3 is 5.11 Å². The van der Waals surface area contributed by atoms with Crippen molar-refractivity contribution in [1.82, 2.24) is 9.29 Å². The monoisotopic (exact) mass is 452 g/mol. The third-order valence-electron chi connectivity index (χ3n) is 4.86. The zero-order valence-electron chi connectivity index (χ0n) is 16.6. The summed E-state index contributed by atoms with van der Waals surface area (Å²) < 4.78 is 65.2. The molecule has 0 unspecified atom stereocenters. The average molecular weight is 452 g/mol. The van der Waals surface area contributed by atoms with E-state index in [-0.39, 0.29) is 40.1 Å². The number of halogens is 3. The lowest BCUT2D eigenvalue weighted by Crippen LogP contribution is -2.30. The Kier molecular flexibility index (Phi) is 6.06. The fourth-order valence-corrected chi connectivity index (χ4v) is 4.72. The molecule has 0 atom stereocenters. The van der Waals surface area contributed by atoms with Gasteiger partial charge in [0.15, 0.2) is 0 Å². The number of hydrogen-bond donors (Lipinski definition) is 1. The van der Waals surface area contributed by atoms with Gasteiger partial charge in [0.1, 0.15) is 0 Å². The lowest BCUT2D eigenvalue weighted by Gasteiger charge is -2.19. The van der Waals surface area contributed by atoms with E-state index in [2.05, 4.69) is 4.98 Å². The number of pyridine rings is 1. The van der Waals surface area contributed by atoms with E-state index in [0.717, 1.165) is 12.1 Å². The van der Waals surface area contributed by atoms with E-state index in [4.69, 9.17) is 0 Å². The molecular weight excluding hydrogens is 433 g/mol. The summed E-state index contributed by atoms with van der Waals surface area (Å²) in [6, 6.07) is 9.42. The van der Waals surface area contributed by atoms with E-state index in [0.29, 0.717) is 5.56 Å². The lowest BCUT2D eigenvalue weighted by molar-refractivity contribution is -0.137. The molecule has 0 aliphatic carbocycles. The molecule has 6 nitrogen and oxygen atoms in total. The number of sulfonamides is 1. The van der Waals surface area contributed by atoms with Crippen LogP contribution in [0.15, 0.2) is 53.4 Å². The van der Waals surface area contributed by atoms with Gasteiger partial charge in [-0.05, 0) is 36.4 Å². The number of rotatable bonds is 6. The fraction of sp³-hybridized carbons (Fsp3) is 0.238. The molecule has 3 aromatic rings. The van der Waals surface area contributed by atoms with Crippen LogP contribution in [0.5, 0.6) is 0 Å². The van der Waals surface area contributed by atoms with Gasteiger partial charge in [-0.15, -0.1) is 0 Å². The van der Waals surface area contributed by atoms with Crippen molar-refractivity contribution in [3.05, 3.63) is 59.7 Å². The molecule has 0 fully saturated rings. The molecule has 1 aromatic heterocycles. The van der Waals surface area contributed by atoms with Gasteiger partial charge in [-0.25, -0.2) is 18.2 Å². The van der Waals surface area contributed by atoms with Gasteiger partial charge in [-0.2, -0.15) is 17.5 Å². The summed E-state index contributed by atoms with van der Waals surface area (Å²) in [4.78, 5) is 16.1. The van der Waals surface area contributed by atoms with Crippen LogP contribution >= 0.6 is 0 Å². The van der Waals surface area contributed by atoms with Gasteiger partial charge in [-0.1, -0.05) is 26.0 Å². The third kappa shape index (κ3) is 4.40. The van der Waals surface area contributed by atoms with Crippen molar-refractivity contribution in [2.24, 2.45) is 0 Å². The molecule has 0 bridgehead atoms. The predicted octanol–water partition coefficient (Wildman–Crippen LogP) is 4.65. The standard InChI is InChI=1S/C21H19F3N2O4S/c1-3-26(4-2)31(29,30)15-9-10-18-16(11-15)17(20(27)28)12-19(25-18)13-5-7-14(8-6-13)21(22,23)24/h5-12H,3-4H2,1-2H3,(H,27,28). The van der Waals surface area contributed by atoms with Crippen molar-refractivity contribution < 1.29 is 31.5 Å². The van der Waals surface area contributed by atoms with Crippen LogP contribution in [-0.2, 0) is 16.2 Å². The van der Waals surface area contributed by atoms with E-state index in [1.54, 1.807) is 13.8 Å². The summed E-state index contributed by atoms with van der Waals surface area (Å²) in [5, 5.41) is 9.79. The second-order valence-corrected chi connectivity index (χ2v) is 8.64. The van der Waals surface area contributed by atoms with Gasteiger partial charge in [0.25, 0.3) is 0 Å². The number of alkyl halides is 3. The molecule has 31 heavy (non-hydrogen) atoms. The second-order valence-electron chi connectivity index (χ2n) is 6.70. The molecule has 10 heteroatoms. The smallest absolute Gasteiger partial charge is 0.416 e. The molecule has 3 rings (SSSR count). The normalized spacial score (nSPS) is 12.5. The predicted molar refractivity (Wildman–Crippen MR) is 109 cm³/mol. The summed E-state index contributed by atoms with van der Waals surface area (Å²) in [7, 11) is -3.81. The Hall–Kier alpha value is -2.98. The largest absolute Gasteiger partial charge is 0.478 e. The topological polar surface area (TPSA) is 87.6 Å². The number of aromatic nitrogens is 1. The van der Waals surface area contributed by atoms with E-state index in [1.807, 2.05) is 0 Å². The van der Waals surface area contributed by atoms with Crippen molar-refractivity contribution in [3.63, 3.8) is 0 Å². The zero-order chi connectivity index (χ0) is 23.0. The molecule has 164 valence electrons. The molecule has 0 saturated heterocycles. The number of carbonyl (C=O) groups is 1. The van der Waals surface area contributed by atoms with Gasteiger partial charge in [0, 0.05) is 24.0 Å². The maximum atomic E-state index is 12.8. The van der Waals surface area contributed by atoms with Crippen LogP contribution in [0.2, 0.25) is 0 Å².